The number of hydrogen-bond donors (Lipinski definition) is 0. The zero-order valence-electron chi connectivity index (χ0n) is 37.8. The Hall–Kier alpha value is -9.45. The van der Waals surface area contributed by atoms with Crippen LogP contribution in [0.4, 0.5) is 0 Å². The molecule has 10 aromatic rings. The molecule has 0 aliphatic carbocycles. The third-order valence-electron chi connectivity index (χ3n) is 12.4. The van der Waals surface area contributed by atoms with Crippen molar-refractivity contribution in [2.24, 2.45) is 0 Å². The predicted octanol–water partition coefficient (Wildman–Crippen LogP) is 14.5. The highest BCUT2D eigenvalue weighted by Gasteiger charge is 2.20. The van der Waals surface area contributed by atoms with Crippen LogP contribution in [0.15, 0.2) is 255 Å². The van der Waals surface area contributed by atoms with Crippen molar-refractivity contribution in [2.45, 2.75) is 0 Å². The molecule has 5 heteroatoms. The Kier molecular flexibility index (Phi) is 12.6. The van der Waals surface area contributed by atoms with Crippen LogP contribution in [0.25, 0.3) is 44.5 Å². The second-order valence-electron chi connectivity index (χ2n) is 17.0. The Morgan fingerprint density at radius 1 is 0.157 bits per heavy atom. The molecule has 0 bridgehead atoms. The van der Waals surface area contributed by atoms with Gasteiger partial charge in [0.05, 0.1) is 0 Å². The van der Waals surface area contributed by atoms with E-state index in [0.29, 0.717) is 77.9 Å². The molecule has 0 unspecified atom stereocenters. The summed E-state index contributed by atoms with van der Waals surface area (Å²) in [6.45, 7) is 0. The summed E-state index contributed by atoms with van der Waals surface area (Å²) < 4.78 is 0. The molecule has 332 valence electrons. The Balaban J connectivity index is 1.12. The van der Waals surface area contributed by atoms with E-state index < -0.39 is 0 Å². The second-order valence-corrected chi connectivity index (χ2v) is 17.0. The maximum Gasteiger partial charge on any atom is 0.193 e. The molecule has 0 heterocycles. The number of hydrogen-bond acceptors (Lipinski definition) is 5. The highest BCUT2D eigenvalue weighted by Crippen LogP contribution is 2.35. The molecule has 70 heavy (non-hydrogen) atoms. The van der Waals surface area contributed by atoms with Gasteiger partial charge in [-0.05, 0) is 105 Å². The first-order chi connectivity index (χ1) is 34.3. The Bertz CT molecular complexity index is 3150. The van der Waals surface area contributed by atoms with Crippen molar-refractivity contribution in [1.82, 2.24) is 0 Å². The van der Waals surface area contributed by atoms with Gasteiger partial charge in [0.25, 0.3) is 0 Å². The van der Waals surface area contributed by atoms with Gasteiger partial charge in [-0.25, -0.2) is 0 Å². The third kappa shape index (κ3) is 9.54. The highest BCUT2D eigenvalue weighted by atomic mass is 16.1. The molecule has 0 N–H and O–H groups in total. The van der Waals surface area contributed by atoms with Gasteiger partial charge in [0.1, 0.15) is 0 Å². The largest absolute Gasteiger partial charge is 0.289 e. The van der Waals surface area contributed by atoms with Crippen LogP contribution in [0.3, 0.4) is 0 Å². The van der Waals surface area contributed by atoms with Crippen LogP contribution in [-0.2, 0) is 0 Å². The van der Waals surface area contributed by atoms with Gasteiger partial charge in [-0.3, -0.25) is 24.0 Å². The molecule has 0 saturated heterocycles. The summed E-state index contributed by atoms with van der Waals surface area (Å²) in [7, 11) is 0. The minimum Gasteiger partial charge on any atom is -0.289 e. The smallest absolute Gasteiger partial charge is 0.193 e. The molecule has 0 spiro atoms. The average Bonchev–Trinajstić information content (AvgIpc) is 3.45. The first kappa shape index (κ1) is 44.4. The van der Waals surface area contributed by atoms with E-state index in [2.05, 4.69) is 0 Å². The van der Waals surface area contributed by atoms with E-state index in [4.69, 9.17) is 0 Å². The first-order valence-electron chi connectivity index (χ1n) is 22.9. The van der Waals surface area contributed by atoms with E-state index >= 15 is 4.79 Å². The fraction of sp³-hybridized carbons (Fsp3) is 0. The SMILES string of the molecule is O=C(c1ccccc1)c1cccc(-c2cc(C(=O)c3cc(-c4cccc(C(=O)c5ccccc5)c4)cc(-c4cccc(C(=O)c5ccccc5)c4)c3)cc(-c3cccc(C(=O)c4ccccc4)c3)c2)c1. The Labute approximate surface area is 406 Å². The van der Waals surface area contributed by atoms with Gasteiger partial charge in [-0.15, -0.1) is 0 Å². The van der Waals surface area contributed by atoms with E-state index in [1.54, 1.807) is 72.8 Å². The normalized spacial score (nSPS) is 10.9. The number of ketones is 5. The van der Waals surface area contributed by atoms with E-state index in [9.17, 15) is 19.2 Å². The summed E-state index contributed by atoms with van der Waals surface area (Å²) in [5.41, 5.74) is 10.6. The molecule has 5 nitrogen and oxygen atoms in total. The van der Waals surface area contributed by atoms with Crippen LogP contribution in [-0.4, -0.2) is 28.9 Å². The molecule has 0 atom stereocenters. The molecule has 0 radical (unpaired) electrons. The van der Waals surface area contributed by atoms with Gasteiger partial charge in [0.15, 0.2) is 28.9 Å². The van der Waals surface area contributed by atoms with Crippen molar-refractivity contribution in [3.63, 3.8) is 0 Å². The van der Waals surface area contributed by atoms with Crippen molar-refractivity contribution in [1.29, 1.82) is 0 Å². The number of rotatable bonds is 14. The van der Waals surface area contributed by atoms with Gasteiger partial charge in [0.2, 0.25) is 0 Å². The topological polar surface area (TPSA) is 85.3 Å². The minimum atomic E-state index is -0.285. The number of carbonyl (C=O) groups is 5. The lowest BCUT2D eigenvalue weighted by molar-refractivity contribution is 0.103. The van der Waals surface area contributed by atoms with Crippen molar-refractivity contribution in [3.05, 3.63) is 310 Å². The van der Waals surface area contributed by atoms with Crippen molar-refractivity contribution in [2.75, 3.05) is 0 Å². The summed E-state index contributed by atoms with van der Waals surface area (Å²) >= 11 is 0. The third-order valence-corrected chi connectivity index (χ3v) is 12.4. The lowest BCUT2D eigenvalue weighted by Gasteiger charge is -2.14. The summed E-state index contributed by atoms with van der Waals surface area (Å²) in [6, 6.07) is 77.2. The van der Waals surface area contributed by atoms with Crippen molar-refractivity contribution in [3.8, 4) is 44.5 Å². The summed E-state index contributed by atoms with van der Waals surface area (Å²) in [5.74, 6) is -0.802. The van der Waals surface area contributed by atoms with E-state index in [-0.39, 0.29) is 28.9 Å². The molecular weight excluding hydrogens is 861 g/mol. The van der Waals surface area contributed by atoms with Crippen LogP contribution < -0.4 is 0 Å². The highest BCUT2D eigenvalue weighted by molar-refractivity contribution is 6.14. The predicted molar refractivity (Wildman–Crippen MR) is 278 cm³/mol. The fourth-order valence-corrected chi connectivity index (χ4v) is 8.74. The average molecular weight is 903 g/mol. The molecule has 0 fully saturated rings. The lowest BCUT2D eigenvalue weighted by atomic mass is 9.88. The zero-order valence-corrected chi connectivity index (χ0v) is 37.8. The molecule has 0 amide bonds. The molecule has 0 aliphatic rings. The standard InChI is InChI=1S/C65H42O5/c66-61(43-17-5-1-6-18-43)51-29-13-25-47(33-51)55-37-56(48-26-14-30-52(34-48)62(67)44-19-7-2-8-20-44)40-59(39-55)65(70)60-41-57(49-27-15-31-53(35-49)63(68)45-21-9-3-10-22-45)38-58(42-60)50-28-16-32-54(36-50)64(69)46-23-11-4-12-24-46/h1-42H. The van der Waals surface area contributed by atoms with Crippen LogP contribution in [0.2, 0.25) is 0 Å². The maximum absolute atomic E-state index is 15.4. The van der Waals surface area contributed by atoms with Gasteiger partial charge < -0.3 is 0 Å². The van der Waals surface area contributed by atoms with Crippen LogP contribution in [0.1, 0.15) is 79.6 Å². The maximum atomic E-state index is 15.4. The zero-order chi connectivity index (χ0) is 48.0. The second kappa shape index (κ2) is 19.8. The van der Waals surface area contributed by atoms with Gasteiger partial charge >= 0.3 is 0 Å². The van der Waals surface area contributed by atoms with Crippen molar-refractivity contribution < 1.29 is 24.0 Å². The van der Waals surface area contributed by atoms with Crippen molar-refractivity contribution >= 4 is 28.9 Å². The van der Waals surface area contributed by atoms with Crippen LogP contribution >= 0.6 is 0 Å². The molecule has 0 saturated carbocycles. The van der Waals surface area contributed by atoms with Crippen LogP contribution in [0, 0.1) is 0 Å². The Morgan fingerprint density at radius 2 is 0.343 bits per heavy atom. The van der Waals surface area contributed by atoms with Gasteiger partial charge in [0, 0.05) is 55.6 Å². The van der Waals surface area contributed by atoms with Gasteiger partial charge in [-0.2, -0.15) is 0 Å². The summed E-state index contributed by atoms with van der Waals surface area (Å²) in [6.07, 6.45) is 0. The number of carbonyl (C=O) groups excluding carboxylic acids is 5. The molecule has 0 aromatic heterocycles. The van der Waals surface area contributed by atoms with Crippen LogP contribution in [0.5, 0.6) is 0 Å². The lowest BCUT2D eigenvalue weighted by Crippen LogP contribution is -2.05. The van der Waals surface area contributed by atoms with Gasteiger partial charge in [-0.1, -0.05) is 194 Å². The fourth-order valence-electron chi connectivity index (χ4n) is 8.74. The quantitative estimate of drug-likeness (QED) is 0.101. The monoisotopic (exact) mass is 902 g/mol. The first-order valence-corrected chi connectivity index (χ1v) is 22.9. The molecule has 10 rings (SSSR count). The molecule has 10 aromatic carbocycles. The van der Waals surface area contributed by atoms with E-state index in [0.717, 1.165) is 22.3 Å². The summed E-state index contributed by atoms with van der Waals surface area (Å²) in [4.78, 5) is 70.3. The minimum absolute atomic E-state index is 0.129. The number of benzene rings is 10. The molecule has 0 aliphatic heterocycles. The van der Waals surface area contributed by atoms with E-state index in [1.807, 2.05) is 182 Å². The Morgan fingerprint density at radius 3 is 0.571 bits per heavy atom. The summed E-state index contributed by atoms with van der Waals surface area (Å²) in [5, 5.41) is 0. The molecular formula is C65H42O5. The van der Waals surface area contributed by atoms with E-state index in [1.165, 1.54) is 0 Å².